The van der Waals surface area contributed by atoms with E-state index in [0.717, 1.165) is 25.9 Å². The summed E-state index contributed by atoms with van der Waals surface area (Å²) in [5, 5.41) is 3.50. The van der Waals surface area contributed by atoms with E-state index >= 15 is 0 Å². The molecule has 2 unspecified atom stereocenters. The van der Waals surface area contributed by atoms with Gasteiger partial charge in [0.25, 0.3) is 0 Å². The summed E-state index contributed by atoms with van der Waals surface area (Å²) in [6.07, 6.45) is 7.46. The van der Waals surface area contributed by atoms with E-state index in [4.69, 9.17) is 0 Å². The maximum absolute atomic E-state index is 12.4. The molecule has 1 aliphatic carbocycles. The van der Waals surface area contributed by atoms with E-state index < -0.39 is 0 Å². The fraction of sp³-hybridized carbons (Fsp3) is 0.706. The molecule has 21 heavy (non-hydrogen) atoms. The average Bonchev–Trinajstić information content (AvgIpc) is 3.15. The van der Waals surface area contributed by atoms with Crippen molar-refractivity contribution in [3.8, 4) is 0 Å². The third-order valence-electron chi connectivity index (χ3n) is 4.73. The second kappa shape index (κ2) is 6.49. The zero-order chi connectivity index (χ0) is 14.8. The molecule has 116 valence electrons. The zero-order valence-electron chi connectivity index (χ0n) is 13.2. The predicted molar refractivity (Wildman–Crippen MR) is 87.8 cm³/mol. The molecule has 0 bridgehead atoms. The first-order valence-electron chi connectivity index (χ1n) is 8.31. The van der Waals surface area contributed by atoms with Crippen LogP contribution in [0.25, 0.3) is 0 Å². The van der Waals surface area contributed by atoms with Crippen molar-refractivity contribution in [3.63, 3.8) is 0 Å². The quantitative estimate of drug-likeness (QED) is 0.926. The van der Waals surface area contributed by atoms with Crippen molar-refractivity contribution in [3.05, 3.63) is 21.4 Å². The first-order valence-corrected chi connectivity index (χ1v) is 9.13. The largest absolute Gasteiger partial charge is 0.341 e. The van der Waals surface area contributed by atoms with Gasteiger partial charge in [0.15, 0.2) is 0 Å². The third kappa shape index (κ3) is 3.32. The number of hydrogen-bond donors (Lipinski definition) is 1. The summed E-state index contributed by atoms with van der Waals surface area (Å²) < 4.78 is 0. The lowest BCUT2D eigenvalue weighted by molar-refractivity contribution is -0.132. The number of thiophene rings is 1. The molecular formula is C17H26N2OS. The minimum atomic E-state index is -0.0859. The van der Waals surface area contributed by atoms with Crippen molar-refractivity contribution in [2.45, 2.75) is 64.5 Å². The molecule has 0 aromatic carbocycles. The van der Waals surface area contributed by atoms with Crippen LogP contribution in [0.5, 0.6) is 0 Å². The molecule has 3 rings (SSSR count). The molecular weight excluding hydrogens is 280 g/mol. The van der Waals surface area contributed by atoms with Crippen LogP contribution in [0.15, 0.2) is 6.07 Å². The minimum Gasteiger partial charge on any atom is -0.341 e. The van der Waals surface area contributed by atoms with Gasteiger partial charge >= 0.3 is 0 Å². The summed E-state index contributed by atoms with van der Waals surface area (Å²) in [5.41, 5.74) is 1.55. The van der Waals surface area contributed by atoms with Gasteiger partial charge in [-0.25, -0.2) is 0 Å². The highest BCUT2D eigenvalue weighted by Gasteiger charge is 2.25. The number of likely N-dealkylation sites (tertiary alicyclic amines) is 1. The van der Waals surface area contributed by atoms with Gasteiger partial charge in [0, 0.05) is 28.9 Å². The Morgan fingerprint density at radius 3 is 2.62 bits per heavy atom. The summed E-state index contributed by atoms with van der Waals surface area (Å²) in [7, 11) is 0. The van der Waals surface area contributed by atoms with Gasteiger partial charge in [-0.1, -0.05) is 0 Å². The second-order valence-electron chi connectivity index (χ2n) is 6.45. The maximum atomic E-state index is 12.4. The summed E-state index contributed by atoms with van der Waals surface area (Å²) in [5.74, 6) is 0.265. The van der Waals surface area contributed by atoms with Crippen molar-refractivity contribution in [2.75, 3.05) is 13.1 Å². The van der Waals surface area contributed by atoms with Gasteiger partial charge in [-0.15, -0.1) is 11.3 Å². The van der Waals surface area contributed by atoms with E-state index in [1.807, 2.05) is 23.2 Å². The van der Waals surface area contributed by atoms with Crippen LogP contribution in [-0.4, -0.2) is 29.9 Å². The van der Waals surface area contributed by atoms with Gasteiger partial charge in [-0.3, -0.25) is 10.1 Å². The van der Waals surface area contributed by atoms with Crippen molar-refractivity contribution in [1.29, 1.82) is 0 Å². The molecule has 2 aliphatic rings. The monoisotopic (exact) mass is 306 g/mol. The van der Waals surface area contributed by atoms with Crippen LogP contribution in [0.1, 0.15) is 60.9 Å². The highest BCUT2D eigenvalue weighted by atomic mass is 32.1. The molecule has 0 radical (unpaired) electrons. The van der Waals surface area contributed by atoms with Crippen LogP contribution >= 0.6 is 11.3 Å². The van der Waals surface area contributed by atoms with Crippen LogP contribution in [0, 0.1) is 0 Å². The Balaban J connectivity index is 1.61. The number of aryl methyl sites for hydroxylation is 2. The molecule has 4 heteroatoms. The normalized spacial score (nSPS) is 21.1. The number of carbonyl (C=O) groups excluding carboxylic acids is 1. The van der Waals surface area contributed by atoms with Gasteiger partial charge in [0.05, 0.1) is 6.04 Å². The van der Waals surface area contributed by atoms with Crippen molar-refractivity contribution >= 4 is 17.2 Å². The highest BCUT2D eigenvalue weighted by molar-refractivity contribution is 7.12. The molecule has 1 aliphatic heterocycles. The van der Waals surface area contributed by atoms with E-state index in [0.29, 0.717) is 0 Å². The molecule has 1 aromatic heterocycles. The molecule has 0 saturated carbocycles. The van der Waals surface area contributed by atoms with Gasteiger partial charge in [-0.2, -0.15) is 0 Å². The Morgan fingerprint density at radius 2 is 1.90 bits per heavy atom. The Kier molecular flexibility index (Phi) is 4.65. The van der Waals surface area contributed by atoms with Gasteiger partial charge < -0.3 is 4.90 Å². The lowest BCUT2D eigenvalue weighted by atomic mass is 9.99. The first kappa shape index (κ1) is 15.0. The Morgan fingerprint density at radius 1 is 1.19 bits per heavy atom. The molecule has 1 N–H and O–H groups in total. The predicted octanol–water partition coefficient (Wildman–Crippen LogP) is 3.29. The van der Waals surface area contributed by atoms with E-state index in [2.05, 4.69) is 18.3 Å². The maximum Gasteiger partial charge on any atom is 0.239 e. The van der Waals surface area contributed by atoms with E-state index in [9.17, 15) is 4.79 Å². The van der Waals surface area contributed by atoms with Crippen LogP contribution < -0.4 is 5.32 Å². The van der Waals surface area contributed by atoms with Gasteiger partial charge in [-0.05, 0) is 64.0 Å². The first-order chi connectivity index (χ1) is 10.1. The molecule has 1 amide bonds. The summed E-state index contributed by atoms with van der Waals surface area (Å²) in [6, 6.07) is 2.54. The number of carbonyl (C=O) groups is 1. The number of amides is 1. The molecule has 1 aromatic rings. The SMILES string of the molecule is CC(NC(C)c1cc2c(s1)CCCC2)C(=O)N1CCCC1. The highest BCUT2D eigenvalue weighted by Crippen LogP contribution is 2.33. The molecule has 2 heterocycles. The van der Waals surface area contributed by atoms with Crippen LogP contribution in [0.2, 0.25) is 0 Å². The summed E-state index contributed by atoms with van der Waals surface area (Å²) >= 11 is 1.94. The number of hydrogen-bond acceptors (Lipinski definition) is 3. The minimum absolute atomic E-state index is 0.0859. The second-order valence-corrected chi connectivity index (χ2v) is 7.62. The average molecular weight is 306 g/mol. The summed E-state index contributed by atoms with van der Waals surface area (Å²) in [6.45, 7) is 6.06. The smallest absolute Gasteiger partial charge is 0.239 e. The Hall–Kier alpha value is -0.870. The molecule has 3 nitrogen and oxygen atoms in total. The van der Waals surface area contributed by atoms with Crippen LogP contribution in [0.4, 0.5) is 0 Å². The Bertz CT molecular complexity index is 481. The van der Waals surface area contributed by atoms with Gasteiger partial charge in [0.1, 0.15) is 0 Å². The number of nitrogens with zero attached hydrogens (tertiary/aromatic N) is 1. The van der Waals surface area contributed by atoms with Crippen molar-refractivity contribution in [1.82, 2.24) is 10.2 Å². The molecule has 2 atom stereocenters. The lowest BCUT2D eigenvalue weighted by Gasteiger charge is -2.23. The fourth-order valence-corrected chi connectivity index (χ4v) is 4.74. The standard InChI is InChI=1S/C17H26N2OS/c1-12(16-11-14-7-3-4-8-15(14)21-16)18-13(2)17(20)19-9-5-6-10-19/h11-13,18H,3-10H2,1-2H3. The van der Waals surface area contributed by atoms with Crippen LogP contribution in [0.3, 0.4) is 0 Å². The van der Waals surface area contributed by atoms with E-state index in [1.54, 1.807) is 10.4 Å². The molecule has 1 fully saturated rings. The molecule has 0 spiro atoms. The number of nitrogens with one attached hydrogen (secondary N) is 1. The number of rotatable bonds is 4. The number of fused-ring (bicyclic) bond motifs is 1. The van der Waals surface area contributed by atoms with Crippen molar-refractivity contribution in [2.24, 2.45) is 0 Å². The fourth-order valence-electron chi connectivity index (χ4n) is 3.47. The Labute approximate surface area is 131 Å². The topological polar surface area (TPSA) is 32.3 Å². The summed E-state index contributed by atoms with van der Waals surface area (Å²) in [4.78, 5) is 17.3. The van der Waals surface area contributed by atoms with E-state index in [-0.39, 0.29) is 18.0 Å². The van der Waals surface area contributed by atoms with Crippen molar-refractivity contribution < 1.29 is 4.79 Å². The van der Waals surface area contributed by atoms with Gasteiger partial charge in [0.2, 0.25) is 5.91 Å². The van der Waals surface area contributed by atoms with E-state index in [1.165, 1.54) is 30.6 Å². The van der Waals surface area contributed by atoms with Crippen LogP contribution in [-0.2, 0) is 17.6 Å². The third-order valence-corrected chi connectivity index (χ3v) is 6.15. The lowest BCUT2D eigenvalue weighted by Crippen LogP contribution is -2.44. The zero-order valence-corrected chi connectivity index (χ0v) is 14.0. The molecule has 1 saturated heterocycles.